The van der Waals surface area contributed by atoms with Crippen molar-refractivity contribution in [3.8, 4) is 5.75 Å². The number of nitrogens with one attached hydrogen (secondary N) is 1. The number of anilines is 1. The number of ketones is 1. The van der Waals surface area contributed by atoms with Gasteiger partial charge >= 0.3 is 0 Å². The SMILES string of the molecule is CC(C)(C)c1cc2c(c(C(C)(C)C)c1)OC(C(=O)c1ccccc1)N2. The number of carbonyl (C=O) groups excluding carboxylic acids is 1. The zero-order valence-electron chi connectivity index (χ0n) is 15.9. The maximum Gasteiger partial charge on any atom is 0.234 e. The van der Waals surface area contributed by atoms with Gasteiger partial charge in [-0.2, -0.15) is 0 Å². The van der Waals surface area contributed by atoms with Gasteiger partial charge in [0.1, 0.15) is 5.75 Å². The first-order valence-corrected chi connectivity index (χ1v) is 8.79. The Kier molecular flexibility index (Phi) is 4.14. The second-order valence-corrected chi connectivity index (χ2v) is 8.77. The molecular weight excluding hydrogens is 310 g/mol. The summed E-state index contributed by atoms with van der Waals surface area (Å²) in [6.07, 6.45) is -0.672. The van der Waals surface area contributed by atoms with E-state index in [1.165, 1.54) is 5.56 Å². The Morgan fingerprint density at radius 2 is 1.60 bits per heavy atom. The number of carbonyl (C=O) groups is 1. The van der Waals surface area contributed by atoms with Crippen LogP contribution in [0.1, 0.15) is 63.0 Å². The molecule has 2 aromatic carbocycles. The fourth-order valence-electron chi connectivity index (χ4n) is 3.01. The summed E-state index contributed by atoms with van der Waals surface area (Å²) in [6, 6.07) is 13.6. The molecule has 3 nitrogen and oxygen atoms in total. The summed E-state index contributed by atoms with van der Waals surface area (Å²) in [5, 5.41) is 3.29. The third kappa shape index (κ3) is 3.41. The Morgan fingerprint density at radius 1 is 0.960 bits per heavy atom. The average molecular weight is 337 g/mol. The summed E-state index contributed by atoms with van der Waals surface area (Å²) < 4.78 is 6.09. The predicted molar refractivity (Wildman–Crippen MR) is 103 cm³/mol. The highest BCUT2D eigenvalue weighted by Crippen LogP contribution is 2.44. The third-order valence-electron chi connectivity index (χ3n) is 4.58. The first kappa shape index (κ1) is 17.5. The van der Waals surface area contributed by atoms with Gasteiger partial charge in [-0.05, 0) is 22.5 Å². The number of ether oxygens (including phenoxy) is 1. The Morgan fingerprint density at radius 3 is 2.16 bits per heavy atom. The molecule has 0 fully saturated rings. The summed E-state index contributed by atoms with van der Waals surface area (Å²) in [4.78, 5) is 12.8. The lowest BCUT2D eigenvalue weighted by Gasteiger charge is -2.26. The van der Waals surface area contributed by atoms with E-state index >= 15 is 0 Å². The molecule has 0 aromatic heterocycles. The highest BCUT2D eigenvalue weighted by atomic mass is 16.5. The van der Waals surface area contributed by atoms with E-state index in [0.29, 0.717) is 5.56 Å². The standard InChI is InChI=1S/C22H27NO2/c1-21(2,3)15-12-16(22(4,5)6)19-17(13-15)23-20(25-19)18(24)14-10-8-7-9-11-14/h7-13,20,23H,1-6H3. The van der Waals surface area contributed by atoms with Gasteiger partial charge in [-0.15, -0.1) is 0 Å². The molecule has 0 aliphatic carbocycles. The maximum atomic E-state index is 12.8. The highest BCUT2D eigenvalue weighted by molar-refractivity contribution is 6.02. The molecule has 3 rings (SSSR count). The molecule has 0 saturated heterocycles. The summed E-state index contributed by atoms with van der Waals surface area (Å²) in [7, 11) is 0. The van der Waals surface area contributed by atoms with Crippen LogP contribution in [0.2, 0.25) is 0 Å². The van der Waals surface area contributed by atoms with Crippen molar-refractivity contribution in [1.29, 1.82) is 0 Å². The molecule has 1 heterocycles. The fourth-order valence-corrected chi connectivity index (χ4v) is 3.01. The minimum atomic E-state index is -0.672. The monoisotopic (exact) mass is 337 g/mol. The Balaban J connectivity index is 2.01. The van der Waals surface area contributed by atoms with Crippen LogP contribution in [0.4, 0.5) is 5.69 Å². The van der Waals surface area contributed by atoms with Gasteiger partial charge in [0.05, 0.1) is 5.69 Å². The van der Waals surface area contributed by atoms with E-state index in [0.717, 1.165) is 17.0 Å². The number of hydrogen-bond acceptors (Lipinski definition) is 3. The Labute approximate surface area is 150 Å². The lowest BCUT2D eigenvalue weighted by Crippen LogP contribution is -2.30. The van der Waals surface area contributed by atoms with Crippen molar-refractivity contribution in [2.24, 2.45) is 0 Å². The molecule has 0 saturated carbocycles. The predicted octanol–water partition coefficient (Wildman–Crippen LogP) is 5.29. The van der Waals surface area contributed by atoms with Gasteiger partial charge in [0.2, 0.25) is 12.0 Å². The summed E-state index contributed by atoms with van der Waals surface area (Å²) >= 11 is 0. The zero-order valence-corrected chi connectivity index (χ0v) is 15.9. The van der Waals surface area contributed by atoms with E-state index in [4.69, 9.17) is 4.74 Å². The van der Waals surface area contributed by atoms with Crippen molar-refractivity contribution in [2.45, 2.75) is 58.6 Å². The van der Waals surface area contributed by atoms with Gasteiger partial charge in [0.15, 0.2) is 0 Å². The van der Waals surface area contributed by atoms with Gasteiger partial charge in [-0.3, -0.25) is 4.79 Å². The first-order chi connectivity index (χ1) is 11.6. The second-order valence-electron chi connectivity index (χ2n) is 8.77. The number of hydrogen-bond donors (Lipinski definition) is 1. The molecule has 3 heteroatoms. The third-order valence-corrected chi connectivity index (χ3v) is 4.58. The number of benzene rings is 2. The number of Topliss-reactive ketones (excluding diaryl/α,β-unsaturated/α-hetero) is 1. The van der Waals surface area contributed by atoms with Crippen molar-refractivity contribution in [3.63, 3.8) is 0 Å². The van der Waals surface area contributed by atoms with Crippen molar-refractivity contribution >= 4 is 11.5 Å². The van der Waals surface area contributed by atoms with Crippen LogP contribution in [-0.2, 0) is 10.8 Å². The summed E-state index contributed by atoms with van der Waals surface area (Å²) in [5.74, 6) is 0.753. The second kappa shape index (κ2) is 5.91. The van der Waals surface area contributed by atoms with Crippen LogP contribution in [-0.4, -0.2) is 12.0 Å². The quantitative estimate of drug-likeness (QED) is 0.756. The van der Waals surface area contributed by atoms with E-state index < -0.39 is 6.23 Å². The fraction of sp³-hybridized carbons (Fsp3) is 0.409. The van der Waals surface area contributed by atoms with Crippen LogP contribution >= 0.6 is 0 Å². The molecule has 0 spiro atoms. The summed E-state index contributed by atoms with van der Waals surface area (Å²) in [6.45, 7) is 13.1. The molecule has 1 N–H and O–H groups in total. The van der Waals surface area contributed by atoms with Gasteiger partial charge in [0.25, 0.3) is 0 Å². The molecule has 25 heavy (non-hydrogen) atoms. The first-order valence-electron chi connectivity index (χ1n) is 8.79. The highest BCUT2D eigenvalue weighted by Gasteiger charge is 2.35. The number of fused-ring (bicyclic) bond motifs is 1. The molecular formula is C22H27NO2. The Bertz CT molecular complexity index is 795. The zero-order chi connectivity index (χ0) is 18.4. The lowest BCUT2D eigenvalue weighted by molar-refractivity contribution is 0.0847. The van der Waals surface area contributed by atoms with Crippen LogP contribution < -0.4 is 10.1 Å². The average Bonchev–Trinajstić information content (AvgIpc) is 2.96. The molecule has 1 atom stereocenters. The van der Waals surface area contributed by atoms with Gasteiger partial charge in [-0.1, -0.05) is 77.9 Å². The topological polar surface area (TPSA) is 38.3 Å². The smallest absolute Gasteiger partial charge is 0.234 e. The lowest BCUT2D eigenvalue weighted by atomic mass is 9.80. The molecule has 0 bridgehead atoms. The molecule has 1 aliphatic rings. The van der Waals surface area contributed by atoms with E-state index in [1.807, 2.05) is 30.3 Å². The van der Waals surface area contributed by atoms with Crippen LogP contribution in [0.15, 0.2) is 42.5 Å². The molecule has 1 aliphatic heterocycles. The van der Waals surface area contributed by atoms with E-state index in [9.17, 15) is 4.79 Å². The van der Waals surface area contributed by atoms with Crippen molar-refractivity contribution < 1.29 is 9.53 Å². The van der Waals surface area contributed by atoms with E-state index in [1.54, 1.807) is 0 Å². The molecule has 132 valence electrons. The molecule has 2 aromatic rings. The molecule has 0 amide bonds. The minimum absolute atomic E-state index is 0.0260. The maximum absolute atomic E-state index is 12.8. The summed E-state index contributed by atoms with van der Waals surface area (Å²) in [5.41, 5.74) is 3.88. The van der Waals surface area contributed by atoms with Crippen molar-refractivity contribution in [2.75, 3.05) is 5.32 Å². The minimum Gasteiger partial charge on any atom is -0.460 e. The van der Waals surface area contributed by atoms with Crippen LogP contribution in [0, 0.1) is 0 Å². The van der Waals surface area contributed by atoms with Gasteiger partial charge in [0, 0.05) is 11.1 Å². The van der Waals surface area contributed by atoms with Crippen LogP contribution in [0.5, 0.6) is 5.75 Å². The normalized spacial score (nSPS) is 16.8. The van der Waals surface area contributed by atoms with Gasteiger partial charge < -0.3 is 10.1 Å². The number of rotatable bonds is 2. The van der Waals surface area contributed by atoms with Gasteiger partial charge in [-0.25, -0.2) is 0 Å². The molecule has 1 unspecified atom stereocenters. The van der Waals surface area contributed by atoms with Crippen molar-refractivity contribution in [3.05, 3.63) is 59.2 Å². The largest absolute Gasteiger partial charge is 0.460 e. The van der Waals surface area contributed by atoms with E-state index in [-0.39, 0.29) is 16.6 Å². The van der Waals surface area contributed by atoms with Crippen LogP contribution in [0.25, 0.3) is 0 Å². The van der Waals surface area contributed by atoms with Crippen molar-refractivity contribution in [1.82, 2.24) is 0 Å². The molecule has 0 radical (unpaired) electrons. The van der Waals surface area contributed by atoms with E-state index in [2.05, 4.69) is 59.0 Å². The Hall–Kier alpha value is -2.29. The van der Waals surface area contributed by atoms with Crippen LogP contribution in [0.3, 0.4) is 0 Å².